The summed E-state index contributed by atoms with van der Waals surface area (Å²) in [6.07, 6.45) is 0.220. The van der Waals surface area contributed by atoms with E-state index in [1.807, 2.05) is 55.5 Å². The second-order valence-corrected chi connectivity index (χ2v) is 5.85. The molecule has 2 aromatic carbocycles. The summed E-state index contributed by atoms with van der Waals surface area (Å²) < 4.78 is 5.45. The van der Waals surface area contributed by atoms with E-state index in [9.17, 15) is 4.79 Å². The van der Waals surface area contributed by atoms with Crippen LogP contribution in [0.3, 0.4) is 0 Å². The number of hydrogen-bond acceptors (Lipinski definition) is 4. The van der Waals surface area contributed by atoms with Gasteiger partial charge >= 0.3 is 5.97 Å². The van der Waals surface area contributed by atoms with Gasteiger partial charge in [0.2, 0.25) is 0 Å². The molecule has 5 nitrogen and oxygen atoms in total. The highest BCUT2D eigenvalue weighted by atomic mass is 32.1. The first-order chi connectivity index (χ1) is 11.6. The molecule has 0 saturated carbocycles. The van der Waals surface area contributed by atoms with Gasteiger partial charge < -0.3 is 10.1 Å². The SMILES string of the molecule is CC(=NNC(=S)Nc1ccccc1)C1Cc2ccccc2C(=O)O1. The molecule has 1 heterocycles. The summed E-state index contributed by atoms with van der Waals surface area (Å²) in [5.41, 5.74) is 5.91. The Labute approximate surface area is 145 Å². The van der Waals surface area contributed by atoms with Gasteiger partial charge in [0.05, 0.1) is 11.3 Å². The molecule has 6 heteroatoms. The Hall–Kier alpha value is -2.73. The van der Waals surface area contributed by atoms with Crippen molar-refractivity contribution in [2.75, 3.05) is 5.32 Å². The molecule has 24 heavy (non-hydrogen) atoms. The van der Waals surface area contributed by atoms with Gasteiger partial charge in [-0.2, -0.15) is 5.10 Å². The first-order valence-electron chi connectivity index (χ1n) is 7.58. The quantitative estimate of drug-likeness (QED) is 0.389. The summed E-state index contributed by atoms with van der Waals surface area (Å²) in [5.74, 6) is -0.318. The molecule has 1 atom stereocenters. The lowest BCUT2D eigenvalue weighted by molar-refractivity contribution is 0.0389. The Bertz CT molecular complexity index is 790. The number of rotatable bonds is 3. The lowest BCUT2D eigenvalue weighted by atomic mass is 9.97. The number of esters is 1. The van der Waals surface area contributed by atoms with Gasteiger partial charge in [-0.25, -0.2) is 4.79 Å². The molecule has 0 saturated heterocycles. The zero-order valence-corrected chi connectivity index (χ0v) is 14.0. The monoisotopic (exact) mass is 339 g/mol. The van der Waals surface area contributed by atoms with E-state index >= 15 is 0 Å². The number of anilines is 1. The van der Waals surface area contributed by atoms with Crippen LogP contribution in [-0.2, 0) is 11.2 Å². The van der Waals surface area contributed by atoms with Crippen LogP contribution in [0.4, 0.5) is 5.69 Å². The lowest BCUT2D eigenvalue weighted by Crippen LogP contribution is -2.35. The summed E-state index contributed by atoms with van der Waals surface area (Å²) in [6.45, 7) is 1.81. The molecule has 3 rings (SSSR count). The van der Waals surface area contributed by atoms with Crippen LogP contribution in [0, 0.1) is 0 Å². The summed E-state index contributed by atoms with van der Waals surface area (Å²) in [7, 11) is 0. The van der Waals surface area contributed by atoms with E-state index in [2.05, 4.69) is 15.8 Å². The first kappa shape index (κ1) is 16.1. The smallest absolute Gasteiger partial charge is 0.339 e. The Morgan fingerprint density at radius 3 is 2.67 bits per heavy atom. The molecule has 0 aromatic heterocycles. The van der Waals surface area contributed by atoms with Crippen molar-refractivity contribution in [3.63, 3.8) is 0 Å². The Balaban J connectivity index is 1.62. The maximum Gasteiger partial charge on any atom is 0.339 e. The van der Waals surface area contributed by atoms with Gasteiger partial charge in [-0.1, -0.05) is 36.4 Å². The van der Waals surface area contributed by atoms with Crippen LogP contribution in [0.5, 0.6) is 0 Å². The molecule has 1 aliphatic rings. The Morgan fingerprint density at radius 1 is 1.17 bits per heavy atom. The molecule has 0 spiro atoms. The maximum absolute atomic E-state index is 12.0. The van der Waals surface area contributed by atoms with Crippen LogP contribution in [0.1, 0.15) is 22.8 Å². The number of benzene rings is 2. The Morgan fingerprint density at radius 2 is 1.88 bits per heavy atom. The average Bonchev–Trinajstić information content (AvgIpc) is 2.60. The molecule has 1 unspecified atom stereocenters. The standard InChI is InChI=1S/C18H17N3O2S/c1-12(20-21-18(24)19-14-8-3-2-4-9-14)16-11-13-7-5-6-10-15(13)17(22)23-16/h2-10,16H,11H2,1H3,(H2,19,21,24). The minimum absolute atomic E-state index is 0.318. The number of hydrazone groups is 1. The highest BCUT2D eigenvalue weighted by Gasteiger charge is 2.27. The molecule has 122 valence electrons. The van der Waals surface area contributed by atoms with E-state index in [1.165, 1.54) is 0 Å². The van der Waals surface area contributed by atoms with Crippen LogP contribution in [0.25, 0.3) is 0 Å². The third kappa shape index (κ3) is 3.78. The molecule has 0 aliphatic carbocycles. The van der Waals surface area contributed by atoms with E-state index in [4.69, 9.17) is 17.0 Å². The Kier molecular flexibility index (Phi) is 4.86. The van der Waals surface area contributed by atoms with Gasteiger partial charge in [0, 0.05) is 12.1 Å². The van der Waals surface area contributed by atoms with Crippen LogP contribution in [-0.4, -0.2) is 22.9 Å². The van der Waals surface area contributed by atoms with Gasteiger partial charge in [0.25, 0.3) is 0 Å². The molecular formula is C18H17N3O2S. The zero-order valence-electron chi connectivity index (χ0n) is 13.2. The zero-order chi connectivity index (χ0) is 16.9. The third-order valence-corrected chi connectivity index (χ3v) is 3.92. The number of carbonyl (C=O) groups excluding carboxylic acids is 1. The summed E-state index contributed by atoms with van der Waals surface area (Å²) in [5, 5.41) is 7.64. The average molecular weight is 339 g/mol. The highest BCUT2D eigenvalue weighted by molar-refractivity contribution is 7.80. The van der Waals surface area contributed by atoms with Crippen molar-refractivity contribution in [3.8, 4) is 0 Å². The number of para-hydroxylation sites is 1. The van der Waals surface area contributed by atoms with Gasteiger partial charge in [-0.05, 0) is 42.9 Å². The summed E-state index contributed by atoms with van der Waals surface area (Å²) >= 11 is 5.20. The molecule has 1 aliphatic heterocycles. The maximum atomic E-state index is 12.0. The molecule has 0 amide bonds. The lowest BCUT2D eigenvalue weighted by Gasteiger charge is -2.24. The van der Waals surface area contributed by atoms with Crippen molar-refractivity contribution in [2.45, 2.75) is 19.4 Å². The van der Waals surface area contributed by atoms with Gasteiger partial charge in [0.15, 0.2) is 5.11 Å². The van der Waals surface area contributed by atoms with E-state index in [1.54, 1.807) is 6.07 Å². The number of nitrogens with one attached hydrogen (secondary N) is 2. The minimum atomic E-state index is -0.389. The summed E-state index contributed by atoms with van der Waals surface area (Å²) in [4.78, 5) is 12.0. The molecular weight excluding hydrogens is 322 g/mol. The number of hydrogen-bond donors (Lipinski definition) is 2. The highest BCUT2D eigenvalue weighted by Crippen LogP contribution is 2.21. The van der Waals surface area contributed by atoms with Crippen LogP contribution in [0.15, 0.2) is 59.7 Å². The second kappa shape index (κ2) is 7.23. The number of ether oxygens (including phenoxy) is 1. The van der Waals surface area contributed by atoms with Crippen LogP contribution < -0.4 is 10.7 Å². The van der Waals surface area contributed by atoms with E-state index in [-0.39, 0.29) is 12.1 Å². The van der Waals surface area contributed by atoms with Crippen molar-refractivity contribution in [1.29, 1.82) is 0 Å². The second-order valence-electron chi connectivity index (χ2n) is 5.44. The van der Waals surface area contributed by atoms with Crippen molar-refractivity contribution in [2.24, 2.45) is 5.10 Å². The van der Waals surface area contributed by atoms with Crippen molar-refractivity contribution < 1.29 is 9.53 Å². The number of fused-ring (bicyclic) bond motifs is 1. The van der Waals surface area contributed by atoms with Gasteiger partial charge in [-0.3, -0.25) is 5.43 Å². The molecule has 0 fully saturated rings. The summed E-state index contributed by atoms with van der Waals surface area (Å²) in [6, 6.07) is 17.0. The fraction of sp³-hybridized carbons (Fsp3) is 0.167. The van der Waals surface area contributed by atoms with E-state index < -0.39 is 0 Å². The molecule has 0 radical (unpaired) electrons. The largest absolute Gasteiger partial charge is 0.452 e. The number of cyclic esters (lactones) is 1. The van der Waals surface area contributed by atoms with Crippen LogP contribution >= 0.6 is 12.2 Å². The fourth-order valence-electron chi connectivity index (χ4n) is 2.46. The van der Waals surface area contributed by atoms with E-state index in [0.29, 0.717) is 22.8 Å². The normalized spacial score (nSPS) is 16.8. The van der Waals surface area contributed by atoms with Gasteiger partial charge in [0.1, 0.15) is 6.10 Å². The predicted molar refractivity (Wildman–Crippen MR) is 98.3 cm³/mol. The first-order valence-corrected chi connectivity index (χ1v) is 7.99. The molecule has 2 aromatic rings. The fourth-order valence-corrected chi connectivity index (χ4v) is 2.62. The topological polar surface area (TPSA) is 62.7 Å². The molecule has 0 bridgehead atoms. The number of nitrogens with zero attached hydrogens (tertiary/aromatic N) is 1. The van der Waals surface area contributed by atoms with Crippen molar-refractivity contribution >= 4 is 34.7 Å². The van der Waals surface area contributed by atoms with Crippen molar-refractivity contribution in [3.05, 3.63) is 65.7 Å². The van der Waals surface area contributed by atoms with Gasteiger partial charge in [-0.15, -0.1) is 0 Å². The third-order valence-electron chi connectivity index (χ3n) is 3.72. The minimum Gasteiger partial charge on any atom is -0.452 e. The predicted octanol–water partition coefficient (Wildman–Crippen LogP) is 3.13. The van der Waals surface area contributed by atoms with E-state index in [0.717, 1.165) is 11.3 Å². The number of carbonyl (C=O) groups is 1. The van der Waals surface area contributed by atoms with Crippen molar-refractivity contribution in [1.82, 2.24) is 5.43 Å². The molecule has 2 N–H and O–H groups in total. The number of thiocarbonyl (C=S) groups is 1. The van der Waals surface area contributed by atoms with Crippen LogP contribution in [0.2, 0.25) is 0 Å².